The zero-order valence-electron chi connectivity index (χ0n) is 21.6. The highest BCUT2D eigenvalue weighted by molar-refractivity contribution is 6.74. The fourth-order valence-electron chi connectivity index (χ4n) is 4.26. The highest BCUT2D eigenvalue weighted by Gasteiger charge is 2.55. The number of halogens is 2. The molecule has 1 aromatic carbocycles. The number of carbonyl (C=O) groups is 1. The van der Waals surface area contributed by atoms with Crippen molar-refractivity contribution in [1.82, 2.24) is 4.90 Å². The summed E-state index contributed by atoms with van der Waals surface area (Å²) in [6.45, 7) is 19.0. The number of aliphatic hydroxyl groups is 1. The first-order valence-electron chi connectivity index (χ1n) is 11.7. The molecule has 0 saturated carbocycles. The highest BCUT2D eigenvalue weighted by atomic mass is 35.5. The summed E-state index contributed by atoms with van der Waals surface area (Å²) in [5.74, 6) is 0. The summed E-state index contributed by atoms with van der Waals surface area (Å²) in [5, 5.41) is 12.5. The minimum absolute atomic E-state index is 0.0298. The lowest BCUT2D eigenvalue weighted by atomic mass is 9.81. The van der Waals surface area contributed by atoms with Crippen LogP contribution in [-0.4, -0.2) is 48.2 Å². The van der Waals surface area contributed by atoms with Gasteiger partial charge in [-0.15, -0.1) is 0 Å². The number of hydrogen-bond donors (Lipinski definition) is 1. The minimum atomic E-state index is -2.10. The first-order chi connectivity index (χ1) is 14.9. The lowest BCUT2D eigenvalue weighted by Crippen LogP contribution is -2.52. The van der Waals surface area contributed by atoms with Crippen LogP contribution in [0.1, 0.15) is 79.4 Å². The number of nitrogens with zero attached hydrogens (tertiary/aromatic N) is 1. The molecule has 33 heavy (non-hydrogen) atoms. The number of carbonyl (C=O) groups excluding carboxylic acids is 1. The molecule has 1 fully saturated rings. The Morgan fingerprint density at radius 3 is 2.30 bits per heavy atom. The molecule has 1 saturated heterocycles. The van der Waals surface area contributed by atoms with Gasteiger partial charge in [-0.2, -0.15) is 0 Å². The van der Waals surface area contributed by atoms with E-state index in [-0.39, 0.29) is 11.1 Å². The molecule has 1 amide bonds. The van der Waals surface area contributed by atoms with Crippen LogP contribution < -0.4 is 0 Å². The molecular formula is C25H41Cl2NO4Si. The Kier molecular flexibility index (Phi) is 8.67. The van der Waals surface area contributed by atoms with Crippen molar-refractivity contribution in [3.8, 4) is 0 Å². The normalized spacial score (nSPS) is 23.0. The van der Waals surface area contributed by atoms with Gasteiger partial charge in [0.2, 0.25) is 0 Å². The first kappa shape index (κ1) is 28.4. The molecule has 8 heteroatoms. The largest absolute Gasteiger partial charge is 0.444 e. The lowest BCUT2D eigenvalue weighted by Gasteiger charge is -2.42. The molecule has 1 unspecified atom stereocenters. The van der Waals surface area contributed by atoms with Crippen molar-refractivity contribution in [3.63, 3.8) is 0 Å². The van der Waals surface area contributed by atoms with Gasteiger partial charge in [-0.1, -0.05) is 63.4 Å². The van der Waals surface area contributed by atoms with E-state index in [1.165, 1.54) is 0 Å². The van der Waals surface area contributed by atoms with Gasteiger partial charge in [0.1, 0.15) is 11.7 Å². The predicted octanol–water partition coefficient (Wildman–Crippen LogP) is 7.60. The Morgan fingerprint density at radius 2 is 1.82 bits per heavy atom. The second-order valence-corrected chi connectivity index (χ2v) is 17.3. The van der Waals surface area contributed by atoms with E-state index in [1.54, 1.807) is 23.1 Å². The van der Waals surface area contributed by atoms with Crippen molar-refractivity contribution >= 4 is 37.6 Å². The number of aliphatic hydroxyl groups excluding tert-OH is 1. The number of ether oxygens (including phenoxy) is 1. The average molecular weight is 519 g/mol. The summed E-state index contributed by atoms with van der Waals surface area (Å²) in [5.41, 5.74) is -0.900. The van der Waals surface area contributed by atoms with Gasteiger partial charge >= 0.3 is 6.09 Å². The van der Waals surface area contributed by atoms with Crippen LogP contribution in [0.4, 0.5) is 4.79 Å². The van der Waals surface area contributed by atoms with Gasteiger partial charge in [0, 0.05) is 13.0 Å². The maximum atomic E-state index is 13.4. The zero-order chi connectivity index (χ0) is 25.4. The summed E-state index contributed by atoms with van der Waals surface area (Å²) in [7, 11) is -2.10. The van der Waals surface area contributed by atoms with Crippen molar-refractivity contribution < 1.29 is 19.1 Å². The number of hydrogen-bond acceptors (Lipinski definition) is 4. The Balaban J connectivity index is 2.53. The van der Waals surface area contributed by atoms with Crippen molar-refractivity contribution in [3.05, 3.63) is 33.8 Å². The number of likely N-dealkylation sites (tertiary alicyclic amines) is 1. The third-order valence-corrected chi connectivity index (χ3v) is 12.1. The van der Waals surface area contributed by atoms with Gasteiger partial charge in [0.25, 0.3) is 0 Å². The molecule has 0 aromatic heterocycles. The van der Waals surface area contributed by atoms with Crippen LogP contribution in [-0.2, 0) is 9.16 Å². The molecule has 0 bridgehead atoms. The Bertz CT molecular complexity index is 850. The Labute approximate surface area is 210 Å². The second kappa shape index (κ2) is 10.1. The van der Waals surface area contributed by atoms with E-state index in [2.05, 4.69) is 40.8 Å². The monoisotopic (exact) mass is 517 g/mol. The molecule has 1 aliphatic rings. The second-order valence-electron chi connectivity index (χ2n) is 11.7. The third kappa shape index (κ3) is 6.46. The van der Waals surface area contributed by atoms with E-state index < -0.39 is 31.7 Å². The Hall–Kier alpha value is -0.793. The van der Waals surface area contributed by atoms with Crippen molar-refractivity contribution in [2.75, 3.05) is 6.54 Å². The highest BCUT2D eigenvalue weighted by Crippen LogP contribution is 2.48. The van der Waals surface area contributed by atoms with Crippen LogP contribution in [0.25, 0.3) is 0 Å². The van der Waals surface area contributed by atoms with Gasteiger partial charge in [-0.05, 0) is 63.0 Å². The first-order valence-corrected chi connectivity index (χ1v) is 15.4. The lowest BCUT2D eigenvalue weighted by molar-refractivity contribution is -0.0377. The van der Waals surface area contributed by atoms with Gasteiger partial charge in [-0.25, -0.2) is 4.79 Å². The van der Waals surface area contributed by atoms with Crippen LogP contribution in [0.2, 0.25) is 28.2 Å². The molecule has 5 nitrogen and oxygen atoms in total. The van der Waals surface area contributed by atoms with Crippen LogP contribution in [0, 0.1) is 0 Å². The summed E-state index contributed by atoms with van der Waals surface area (Å²) in [6, 6.07) is 5.13. The predicted molar refractivity (Wildman–Crippen MR) is 139 cm³/mol. The van der Waals surface area contributed by atoms with E-state index in [0.29, 0.717) is 35.0 Å². The fourth-order valence-corrected chi connectivity index (χ4v) is 5.91. The minimum Gasteiger partial charge on any atom is -0.444 e. The molecule has 1 aliphatic heterocycles. The smallest absolute Gasteiger partial charge is 0.410 e. The molecule has 0 aliphatic carbocycles. The van der Waals surface area contributed by atoms with Crippen molar-refractivity contribution in [2.24, 2.45) is 0 Å². The topological polar surface area (TPSA) is 59.0 Å². The summed E-state index contributed by atoms with van der Waals surface area (Å²) < 4.78 is 12.5. The average Bonchev–Trinajstić information content (AvgIpc) is 3.00. The Morgan fingerprint density at radius 1 is 1.21 bits per heavy atom. The molecule has 1 heterocycles. The fraction of sp³-hybridized carbons (Fsp3) is 0.720. The van der Waals surface area contributed by atoms with Crippen molar-refractivity contribution in [2.45, 2.75) is 109 Å². The molecular weight excluding hydrogens is 477 g/mol. The molecule has 3 atom stereocenters. The maximum Gasteiger partial charge on any atom is 0.410 e. The molecule has 2 rings (SSSR count). The molecule has 0 radical (unpaired) electrons. The zero-order valence-corrected chi connectivity index (χ0v) is 24.1. The third-order valence-electron chi connectivity index (χ3n) is 6.84. The van der Waals surface area contributed by atoms with Crippen LogP contribution in [0.5, 0.6) is 0 Å². The van der Waals surface area contributed by atoms with Gasteiger partial charge in [-0.3, -0.25) is 4.90 Å². The SMILES string of the molecule is CCC[C@@]1(C(O)c2ccc(Cl)c(Cl)c2)C[C@@H](O[Si](C)(C)C(C)(C)C)CN1C(=O)OC(C)(C)C. The summed E-state index contributed by atoms with van der Waals surface area (Å²) >= 11 is 12.4. The number of rotatable bonds is 6. The maximum absolute atomic E-state index is 13.4. The van der Waals surface area contributed by atoms with E-state index in [4.69, 9.17) is 32.4 Å². The van der Waals surface area contributed by atoms with Gasteiger partial charge in [0.05, 0.1) is 21.7 Å². The van der Waals surface area contributed by atoms with E-state index >= 15 is 0 Å². The quantitative estimate of drug-likeness (QED) is 0.394. The van der Waals surface area contributed by atoms with Crippen LogP contribution in [0.3, 0.4) is 0 Å². The molecule has 0 spiro atoms. The van der Waals surface area contributed by atoms with E-state index in [1.807, 2.05) is 20.8 Å². The standard InChI is InChI=1S/C25H41Cl2NO4Si/c1-10-13-25(21(29)17-11-12-19(26)20(27)14-17)15-18(32-33(8,9)24(5,6)7)16-28(25)22(30)31-23(2,3)4/h11-12,14,18,21,29H,10,13,15-16H2,1-9H3/t18-,21?,25+/m1/s1. The molecule has 1 N–H and O–H groups in total. The molecule has 1 aromatic rings. The number of amides is 1. The van der Waals surface area contributed by atoms with Gasteiger partial charge in [0.15, 0.2) is 8.32 Å². The van der Waals surface area contributed by atoms with Gasteiger partial charge < -0.3 is 14.3 Å². The van der Waals surface area contributed by atoms with E-state index in [0.717, 1.165) is 6.42 Å². The summed E-state index contributed by atoms with van der Waals surface area (Å²) in [4.78, 5) is 15.1. The molecule has 188 valence electrons. The summed E-state index contributed by atoms with van der Waals surface area (Å²) in [6.07, 6.45) is 0.315. The number of benzene rings is 1. The van der Waals surface area contributed by atoms with Crippen LogP contribution in [0.15, 0.2) is 18.2 Å². The van der Waals surface area contributed by atoms with Crippen LogP contribution >= 0.6 is 23.2 Å². The van der Waals surface area contributed by atoms with Crippen molar-refractivity contribution in [1.29, 1.82) is 0 Å². The van der Waals surface area contributed by atoms with E-state index in [9.17, 15) is 9.90 Å².